The Morgan fingerprint density at radius 3 is 2.47 bits per heavy atom. The van der Waals surface area contributed by atoms with Gasteiger partial charge in [0.25, 0.3) is 0 Å². The average Bonchev–Trinajstić information content (AvgIpc) is 2.96. The summed E-state index contributed by atoms with van der Waals surface area (Å²) in [6.45, 7) is 9.39. The lowest BCUT2D eigenvalue weighted by molar-refractivity contribution is -0.216. The molecule has 0 saturated carbocycles. The smallest absolute Gasteiger partial charge is 0.373 e. The van der Waals surface area contributed by atoms with Crippen molar-refractivity contribution in [2.24, 2.45) is 0 Å². The highest BCUT2D eigenvalue weighted by Crippen LogP contribution is 2.50. The molecule has 238 valence electrons. The number of carbonyl (C=O) groups is 1. The summed E-state index contributed by atoms with van der Waals surface area (Å²) < 4.78 is 80.7. The highest BCUT2D eigenvalue weighted by Gasteiger charge is 2.48. The molecular weight excluding hydrogens is 617 g/mol. The predicted molar refractivity (Wildman–Crippen MR) is 159 cm³/mol. The van der Waals surface area contributed by atoms with Gasteiger partial charge in [-0.1, -0.05) is 6.58 Å². The normalized spacial score (nSPS) is 26.3. The molecule has 5 heterocycles. The summed E-state index contributed by atoms with van der Waals surface area (Å²) >= 11 is 1.13. The van der Waals surface area contributed by atoms with Crippen molar-refractivity contribution in [1.29, 1.82) is 0 Å². The van der Waals surface area contributed by atoms with Gasteiger partial charge in [-0.25, -0.2) is 13.6 Å². The number of benzene rings is 2. The number of piperazine rings is 1. The number of fused-ring (bicyclic) bond motifs is 1. The maximum Gasteiger partial charge on any atom is 0.417 e. The number of anilines is 1. The van der Waals surface area contributed by atoms with Crippen LogP contribution < -0.4 is 10.6 Å². The summed E-state index contributed by atoms with van der Waals surface area (Å²) in [4.78, 5) is 36.6. The van der Waals surface area contributed by atoms with E-state index in [1.54, 1.807) is 9.80 Å². The molecule has 3 fully saturated rings. The second-order valence-corrected chi connectivity index (χ2v) is 13.2. The number of morpholine rings is 1. The van der Waals surface area contributed by atoms with Crippen LogP contribution in [0.1, 0.15) is 25.5 Å². The van der Waals surface area contributed by atoms with E-state index in [-0.39, 0.29) is 70.6 Å². The number of likely N-dealkylation sites (tertiary alicyclic amines) is 1. The van der Waals surface area contributed by atoms with E-state index in [1.165, 1.54) is 10.6 Å². The fraction of sp³-hybridized carbons (Fsp3) is 0.452. The second kappa shape index (κ2) is 10.8. The molecule has 1 unspecified atom stereocenters. The molecule has 7 rings (SSSR count). The summed E-state index contributed by atoms with van der Waals surface area (Å²) in [6.07, 6.45) is -3.54. The molecule has 0 spiro atoms. The first-order chi connectivity index (χ1) is 21.4. The lowest BCUT2D eigenvalue weighted by Gasteiger charge is -2.55. The van der Waals surface area contributed by atoms with Crippen molar-refractivity contribution in [2.75, 3.05) is 43.4 Å². The Morgan fingerprint density at radius 2 is 1.89 bits per heavy atom. The number of carbonyl (C=O) groups excluding carboxylic acids is 1. The molecule has 3 aromatic rings. The van der Waals surface area contributed by atoms with Crippen LogP contribution in [0.4, 0.5) is 27.8 Å². The molecular formula is C31H30F5N5O3S. The zero-order valence-electron chi connectivity index (χ0n) is 24.5. The van der Waals surface area contributed by atoms with Crippen molar-refractivity contribution in [3.8, 4) is 11.1 Å². The number of amides is 1. The number of ether oxygens (including phenoxy) is 1. The monoisotopic (exact) mass is 647 g/mol. The highest BCUT2D eigenvalue weighted by atomic mass is 32.2. The lowest BCUT2D eigenvalue weighted by atomic mass is 9.93. The fourth-order valence-electron chi connectivity index (χ4n) is 7.23. The zero-order chi connectivity index (χ0) is 31.9. The van der Waals surface area contributed by atoms with Gasteiger partial charge in [0.05, 0.1) is 35.9 Å². The van der Waals surface area contributed by atoms with Gasteiger partial charge in [0.1, 0.15) is 17.5 Å². The van der Waals surface area contributed by atoms with Crippen LogP contribution in [0.5, 0.6) is 0 Å². The van der Waals surface area contributed by atoms with Crippen LogP contribution in [-0.2, 0) is 15.7 Å². The Morgan fingerprint density at radius 1 is 1.16 bits per heavy atom. The van der Waals surface area contributed by atoms with E-state index in [0.29, 0.717) is 25.8 Å². The molecule has 2 aromatic carbocycles. The lowest BCUT2D eigenvalue weighted by Crippen LogP contribution is -2.71. The number of nitrogens with zero attached hydrogens (tertiary/aromatic N) is 5. The van der Waals surface area contributed by atoms with Crippen LogP contribution in [0.2, 0.25) is 0 Å². The zero-order valence-corrected chi connectivity index (χ0v) is 25.3. The summed E-state index contributed by atoms with van der Waals surface area (Å²) in [6, 6.07) is 2.54. The van der Waals surface area contributed by atoms with Gasteiger partial charge in [-0.05, 0) is 38.1 Å². The molecule has 8 nitrogen and oxygen atoms in total. The molecule has 0 aliphatic carbocycles. The Balaban J connectivity index is 1.45. The second-order valence-electron chi connectivity index (χ2n) is 12.1. The van der Waals surface area contributed by atoms with Gasteiger partial charge in [-0.3, -0.25) is 14.3 Å². The summed E-state index contributed by atoms with van der Waals surface area (Å²) in [7, 11) is 0. The first-order valence-corrected chi connectivity index (χ1v) is 15.7. The predicted octanol–water partition coefficient (Wildman–Crippen LogP) is 4.70. The number of rotatable bonds is 5. The topological polar surface area (TPSA) is 70.9 Å². The number of hydrogen-bond acceptors (Lipinski definition) is 7. The molecule has 14 heteroatoms. The number of aromatic nitrogens is 2. The van der Waals surface area contributed by atoms with Crippen molar-refractivity contribution in [2.45, 2.75) is 55.2 Å². The molecule has 4 aliphatic rings. The number of hydrogen-bond donors (Lipinski definition) is 0. The Bertz CT molecular complexity index is 1790. The van der Waals surface area contributed by atoms with Crippen LogP contribution >= 0.6 is 11.8 Å². The molecule has 4 aliphatic heterocycles. The quantitative estimate of drug-likeness (QED) is 0.294. The molecule has 1 aromatic heterocycles. The standard InChI is InChI=1S/C31H30F5N5O3S/c1-4-25(42)40-15(2)9-39(10-16(40)3)29-20-8-21(31(34,35)36)26(19-6-5-17(32)7-22(19)33)28-27(20)41(30(43)37-29)18(14-45-28)11-38-12-24-23(38)13-44-24/h4-8,15-16,18,23-24H,1,9-14H2,2-3H3/t15-,16+,18-,23+,24?/m0/s1. The van der Waals surface area contributed by atoms with E-state index in [0.717, 1.165) is 30.0 Å². The van der Waals surface area contributed by atoms with Crippen LogP contribution in [0.15, 0.2) is 46.6 Å². The molecule has 45 heavy (non-hydrogen) atoms. The number of halogens is 5. The highest BCUT2D eigenvalue weighted by molar-refractivity contribution is 7.99. The van der Waals surface area contributed by atoms with Gasteiger partial charge in [0.2, 0.25) is 5.91 Å². The average molecular weight is 648 g/mol. The molecule has 0 N–H and O–H groups in total. The van der Waals surface area contributed by atoms with E-state index in [1.807, 2.05) is 13.8 Å². The van der Waals surface area contributed by atoms with E-state index in [9.17, 15) is 27.2 Å². The molecule has 3 saturated heterocycles. The largest absolute Gasteiger partial charge is 0.417 e. The summed E-state index contributed by atoms with van der Waals surface area (Å²) in [5.41, 5.74) is -2.32. The minimum absolute atomic E-state index is 0.0752. The van der Waals surface area contributed by atoms with E-state index >= 15 is 4.39 Å². The molecule has 5 atom stereocenters. The van der Waals surface area contributed by atoms with Crippen LogP contribution in [0.3, 0.4) is 0 Å². The van der Waals surface area contributed by atoms with Crippen LogP contribution in [0, 0.1) is 11.6 Å². The van der Waals surface area contributed by atoms with Gasteiger partial charge in [0, 0.05) is 71.5 Å². The Hall–Kier alpha value is -3.49. The van der Waals surface area contributed by atoms with Gasteiger partial charge >= 0.3 is 11.9 Å². The third-order valence-corrected chi connectivity index (χ3v) is 10.6. The molecule has 1 amide bonds. The number of alkyl halides is 3. The summed E-state index contributed by atoms with van der Waals surface area (Å²) in [5, 5.41) is 0.108. The van der Waals surface area contributed by atoms with E-state index < -0.39 is 46.2 Å². The van der Waals surface area contributed by atoms with E-state index in [2.05, 4.69) is 16.5 Å². The van der Waals surface area contributed by atoms with Crippen molar-refractivity contribution in [3.05, 3.63) is 64.6 Å². The maximum absolute atomic E-state index is 15.2. The van der Waals surface area contributed by atoms with E-state index in [4.69, 9.17) is 4.74 Å². The Labute approximate surface area is 259 Å². The number of thioether (sulfide) groups is 1. The van der Waals surface area contributed by atoms with Gasteiger partial charge in [-0.2, -0.15) is 18.2 Å². The molecule has 0 bridgehead atoms. The molecule has 0 radical (unpaired) electrons. The van der Waals surface area contributed by atoms with Crippen LogP contribution in [0.25, 0.3) is 22.0 Å². The SMILES string of the molecule is C=CC(=O)N1[C@H](C)CN(c2nc(=O)n3c4c(c(-c5ccc(F)cc5F)c(C(F)(F)F)cc24)SC[C@@H]3CN2CC3OC[C@H]32)C[C@@H]1C. The first-order valence-electron chi connectivity index (χ1n) is 14.7. The first kappa shape index (κ1) is 30.2. The maximum atomic E-state index is 15.2. The van der Waals surface area contributed by atoms with Gasteiger partial charge in [-0.15, -0.1) is 11.8 Å². The van der Waals surface area contributed by atoms with Crippen molar-refractivity contribution >= 4 is 34.4 Å². The van der Waals surface area contributed by atoms with Crippen molar-refractivity contribution in [3.63, 3.8) is 0 Å². The third-order valence-electron chi connectivity index (χ3n) is 9.32. The van der Waals surface area contributed by atoms with Crippen LogP contribution in [-0.4, -0.2) is 88.0 Å². The summed E-state index contributed by atoms with van der Waals surface area (Å²) in [5.74, 6) is -1.99. The third kappa shape index (κ3) is 4.83. The van der Waals surface area contributed by atoms with Gasteiger partial charge in [0.15, 0.2) is 0 Å². The minimum atomic E-state index is -4.91. The minimum Gasteiger partial charge on any atom is -0.373 e. The van der Waals surface area contributed by atoms with Gasteiger partial charge < -0.3 is 14.5 Å². The van der Waals surface area contributed by atoms with Crippen molar-refractivity contribution < 1.29 is 31.5 Å². The van der Waals surface area contributed by atoms with Crippen molar-refractivity contribution in [1.82, 2.24) is 19.4 Å². The fourth-order valence-corrected chi connectivity index (χ4v) is 8.55. The Kier molecular flexibility index (Phi) is 7.24.